The number of hydrogen-bond donors (Lipinski definition) is 1. The van der Waals surface area contributed by atoms with Crippen LogP contribution in [0.3, 0.4) is 0 Å². The molecule has 0 fully saturated rings. The fourth-order valence-corrected chi connectivity index (χ4v) is 1.62. The number of rotatable bonds is 5. The minimum absolute atomic E-state index is 0.103. The minimum atomic E-state index is 0.103. The standard InChI is InChI=1S/C11H20N2O/c1-4-6-11-10(8-14)7-12-13(11)9(3)5-2/h7,9,14H,4-6,8H2,1-3H3. The Labute approximate surface area is 85.8 Å². The van der Waals surface area contributed by atoms with Crippen LogP contribution in [0.15, 0.2) is 6.20 Å². The summed E-state index contributed by atoms with van der Waals surface area (Å²) in [5, 5.41) is 13.5. The first-order valence-corrected chi connectivity index (χ1v) is 5.40. The monoisotopic (exact) mass is 196 g/mol. The van der Waals surface area contributed by atoms with Crippen LogP contribution < -0.4 is 0 Å². The molecule has 1 rings (SSSR count). The average molecular weight is 196 g/mol. The maximum Gasteiger partial charge on any atom is 0.0715 e. The van der Waals surface area contributed by atoms with Crippen molar-refractivity contribution >= 4 is 0 Å². The molecule has 1 heterocycles. The molecule has 0 saturated heterocycles. The summed E-state index contributed by atoms with van der Waals surface area (Å²) in [6.45, 7) is 6.56. The van der Waals surface area contributed by atoms with Crippen molar-refractivity contribution in [3.8, 4) is 0 Å². The highest BCUT2D eigenvalue weighted by molar-refractivity contribution is 5.17. The third-order valence-electron chi connectivity index (χ3n) is 2.65. The number of hydrogen-bond acceptors (Lipinski definition) is 2. The molecule has 0 aliphatic carbocycles. The molecule has 0 aromatic carbocycles. The zero-order chi connectivity index (χ0) is 10.6. The second-order valence-corrected chi connectivity index (χ2v) is 3.73. The predicted molar refractivity (Wildman–Crippen MR) is 57.1 cm³/mol. The van der Waals surface area contributed by atoms with Gasteiger partial charge in [0.2, 0.25) is 0 Å². The van der Waals surface area contributed by atoms with Crippen LogP contribution >= 0.6 is 0 Å². The van der Waals surface area contributed by atoms with E-state index in [1.165, 1.54) is 5.69 Å². The topological polar surface area (TPSA) is 38.1 Å². The van der Waals surface area contributed by atoms with Crippen LogP contribution in [0.25, 0.3) is 0 Å². The van der Waals surface area contributed by atoms with Gasteiger partial charge in [0.25, 0.3) is 0 Å². The third-order valence-corrected chi connectivity index (χ3v) is 2.65. The van der Waals surface area contributed by atoms with Crippen molar-refractivity contribution < 1.29 is 5.11 Å². The zero-order valence-electron chi connectivity index (χ0n) is 9.32. The van der Waals surface area contributed by atoms with Gasteiger partial charge in [-0.25, -0.2) is 0 Å². The highest BCUT2D eigenvalue weighted by Gasteiger charge is 2.12. The van der Waals surface area contributed by atoms with Gasteiger partial charge in [0.05, 0.1) is 12.8 Å². The summed E-state index contributed by atoms with van der Waals surface area (Å²) in [4.78, 5) is 0. The van der Waals surface area contributed by atoms with Crippen molar-refractivity contribution in [1.82, 2.24) is 9.78 Å². The Bertz CT molecular complexity index is 281. The van der Waals surface area contributed by atoms with E-state index in [9.17, 15) is 0 Å². The van der Waals surface area contributed by atoms with Gasteiger partial charge in [-0.3, -0.25) is 4.68 Å². The van der Waals surface area contributed by atoms with Gasteiger partial charge in [-0.2, -0.15) is 5.10 Å². The van der Waals surface area contributed by atoms with Crippen molar-refractivity contribution in [2.24, 2.45) is 0 Å². The van der Waals surface area contributed by atoms with Crippen LogP contribution in [0.1, 0.15) is 50.9 Å². The number of aliphatic hydroxyl groups is 1. The van der Waals surface area contributed by atoms with E-state index in [4.69, 9.17) is 5.11 Å². The molecule has 3 nitrogen and oxygen atoms in total. The summed E-state index contributed by atoms with van der Waals surface area (Å²) in [6, 6.07) is 0.428. The van der Waals surface area contributed by atoms with Gasteiger partial charge in [0, 0.05) is 17.3 Å². The Hall–Kier alpha value is -0.830. The predicted octanol–water partition coefficient (Wildman–Crippen LogP) is 2.30. The summed E-state index contributed by atoms with van der Waals surface area (Å²) in [5.41, 5.74) is 2.18. The smallest absolute Gasteiger partial charge is 0.0715 e. The lowest BCUT2D eigenvalue weighted by Crippen LogP contribution is -2.10. The molecule has 0 spiro atoms. The van der Waals surface area contributed by atoms with Crippen LogP contribution in [-0.4, -0.2) is 14.9 Å². The first-order valence-electron chi connectivity index (χ1n) is 5.40. The Morgan fingerprint density at radius 3 is 2.71 bits per heavy atom. The van der Waals surface area contributed by atoms with Gasteiger partial charge in [0.1, 0.15) is 0 Å². The molecule has 14 heavy (non-hydrogen) atoms. The Morgan fingerprint density at radius 1 is 1.50 bits per heavy atom. The van der Waals surface area contributed by atoms with Gasteiger partial charge in [0.15, 0.2) is 0 Å². The molecule has 3 heteroatoms. The molecule has 1 atom stereocenters. The van der Waals surface area contributed by atoms with Crippen molar-refractivity contribution in [2.75, 3.05) is 0 Å². The molecular formula is C11H20N2O. The van der Waals surface area contributed by atoms with Crippen LogP contribution in [0.2, 0.25) is 0 Å². The number of nitrogens with zero attached hydrogens (tertiary/aromatic N) is 2. The summed E-state index contributed by atoms with van der Waals surface area (Å²) in [6.07, 6.45) is 4.95. The first-order chi connectivity index (χ1) is 6.74. The summed E-state index contributed by atoms with van der Waals surface area (Å²) in [7, 11) is 0. The van der Waals surface area contributed by atoms with Gasteiger partial charge in [-0.15, -0.1) is 0 Å². The lowest BCUT2D eigenvalue weighted by atomic mass is 10.1. The summed E-state index contributed by atoms with van der Waals surface area (Å²) >= 11 is 0. The van der Waals surface area contributed by atoms with Gasteiger partial charge < -0.3 is 5.11 Å². The molecule has 80 valence electrons. The van der Waals surface area contributed by atoms with E-state index < -0.39 is 0 Å². The molecule has 0 saturated carbocycles. The zero-order valence-corrected chi connectivity index (χ0v) is 9.32. The van der Waals surface area contributed by atoms with Crippen LogP contribution in [0.5, 0.6) is 0 Å². The maximum atomic E-state index is 9.16. The van der Waals surface area contributed by atoms with Crippen LogP contribution in [-0.2, 0) is 13.0 Å². The lowest BCUT2D eigenvalue weighted by molar-refractivity contribution is 0.280. The molecule has 1 aromatic heterocycles. The SMILES string of the molecule is CCCc1c(CO)cnn1C(C)CC. The molecule has 0 amide bonds. The molecule has 0 aliphatic rings. The van der Waals surface area contributed by atoms with Crippen molar-refractivity contribution in [2.45, 2.75) is 52.7 Å². The van der Waals surface area contributed by atoms with Crippen molar-refractivity contribution in [3.63, 3.8) is 0 Å². The van der Waals surface area contributed by atoms with E-state index in [2.05, 4.69) is 30.6 Å². The number of aromatic nitrogens is 2. The summed E-state index contributed by atoms with van der Waals surface area (Å²) < 4.78 is 2.05. The average Bonchev–Trinajstić information content (AvgIpc) is 2.60. The normalized spacial score (nSPS) is 13.1. The Morgan fingerprint density at radius 2 is 2.21 bits per heavy atom. The maximum absolute atomic E-state index is 9.16. The highest BCUT2D eigenvalue weighted by atomic mass is 16.3. The van der Waals surface area contributed by atoms with E-state index in [1.807, 2.05) is 0 Å². The Kier molecular flexibility index (Phi) is 4.14. The first kappa shape index (κ1) is 11.2. The molecule has 1 unspecified atom stereocenters. The van der Waals surface area contributed by atoms with E-state index in [1.54, 1.807) is 6.20 Å². The minimum Gasteiger partial charge on any atom is -0.392 e. The van der Waals surface area contributed by atoms with Crippen molar-refractivity contribution in [3.05, 3.63) is 17.5 Å². The third kappa shape index (κ3) is 2.15. The fourth-order valence-electron chi connectivity index (χ4n) is 1.62. The molecule has 0 aliphatic heterocycles. The second kappa shape index (κ2) is 5.15. The van der Waals surface area contributed by atoms with E-state index >= 15 is 0 Å². The quantitative estimate of drug-likeness (QED) is 0.784. The number of aliphatic hydroxyl groups excluding tert-OH is 1. The molecule has 1 N–H and O–H groups in total. The summed E-state index contributed by atoms with van der Waals surface area (Å²) in [5.74, 6) is 0. The molecule has 0 radical (unpaired) electrons. The second-order valence-electron chi connectivity index (χ2n) is 3.73. The van der Waals surface area contributed by atoms with E-state index in [-0.39, 0.29) is 6.61 Å². The molecule has 0 bridgehead atoms. The van der Waals surface area contributed by atoms with E-state index in [0.717, 1.165) is 24.8 Å². The molecular weight excluding hydrogens is 176 g/mol. The van der Waals surface area contributed by atoms with Crippen molar-refractivity contribution in [1.29, 1.82) is 0 Å². The highest BCUT2D eigenvalue weighted by Crippen LogP contribution is 2.18. The van der Waals surface area contributed by atoms with Gasteiger partial charge in [-0.05, 0) is 19.8 Å². The van der Waals surface area contributed by atoms with Gasteiger partial charge in [-0.1, -0.05) is 20.3 Å². The molecule has 1 aromatic rings. The Balaban J connectivity index is 2.97. The fraction of sp³-hybridized carbons (Fsp3) is 0.727. The van der Waals surface area contributed by atoms with Crippen LogP contribution in [0.4, 0.5) is 0 Å². The van der Waals surface area contributed by atoms with Gasteiger partial charge >= 0.3 is 0 Å². The van der Waals surface area contributed by atoms with Crippen LogP contribution in [0, 0.1) is 0 Å². The lowest BCUT2D eigenvalue weighted by Gasteiger charge is -2.14. The van der Waals surface area contributed by atoms with E-state index in [0.29, 0.717) is 6.04 Å². The largest absolute Gasteiger partial charge is 0.392 e.